The topological polar surface area (TPSA) is 89.6 Å². The Morgan fingerprint density at radius 2 is 2.12 bits per heavy atom. The molecule has 0 atom stereocenters. The molecule has 0 spiro atoms. The lowest BCUT2D eigenvalue weighted by atomic mass is 10.1. The molecule has 16 heavy (non-hydrogen) atoms. The maximum Gasteiger partial charge on any atom is 0.335 e. The van der Waals surface area contributed by atoms with Crippen molar-refractivity contribution < 1.29 is 19.4 Å². The van der Waals surface area contributed by atoms with Crippen LogP contribution in [-0.4, -0.2) is 24.2 Å². The van der Waals surface area contributed by atoms with Crippen molar-refractivity contribution in [2.45, 2.75) is 0 Å². The molecule has 0 aliphatic rings. The Balaban J connectivity index is 2.95. The maximum absolute atomic E-state index is 10.8. The average molecular weight is 221 g/mol. The van der Waals surface area contributed by atoms with Crippen molar-refractivity contribution in [3.8, 4) is 0 Å². The average Bonchev–Trinajstić information content (AvgIpc) is 2.26. The van der Waals surface area contributed by atoms with E-state index in [1.54, 1.807) is 0 Å². The minimum Gasteiger partial charge on any atom is -0.478 e. The van der Waals surface area contributed by atoms with Gasteiger partial charge in [-0.3, -0.25) is 0 Å². The highest BCUT2D eigenvalue weighted by Crippen LogP contribution is 2.15. The zero-order valence-corrected chi connectivity index (χ0v) is 8.64. The van der Waals surface area contributed by atoms with Gasteiger partial charge in [-0.2, -0.15) is 0 Å². The molecule has 0 aliphatic carbocycles. The fourth-order valence-corrected chi connectivity index (χ4v) is 1.09. The van der Waals surface area contributed by atoms with Crippen molar-refractivity contribution >= 4 is 23.7 Å². The number of carbonyl (C=O) groups excluding carboxylic acids is 1. The van der Waals surface area contributed by atoms with Crippen molar-refractivity contribution in [3.05, 3.63) is 35.4 Å². The molecular weight excluding hydrogens is 210 g/mol. The first-order valence-corrected chi connectivity index (χ1v) is 4.43. The highest BCUT2D eigenvalue weighted by Gasteiger charge is 2.04. The molecular formula is C11H11NO4. The summed E-state index contributed by atoms with van der Waals surface area (Å²) in [6.45, 7) is 0. The third kappa shape index (κ3) is 2.84. The number of carboxylic acid groups (broad SMARTS) is 1. The molecule has 0 fully saturated rings. The second kappa shape index (κ2) is 4.97. The standard InChI is InChI=1S/C11H11NO4/c1-16-10(13)5-4-7-2-3-8(11(14)15)6-9(7)12/h2-6H,12H2,1H3,(H,14,15). The lowest BCUT2D eigenvalue weighted by Gasteiger charge is -2.01. The molecule has 0 aliphatic heterocycles. The lowest BCUT2D eigenvalue weighted by Crippen LogP contribution is -1.99. The summed E-state index contributed by atoms with van der Waals surface area (Å²) >= 11 is 0. The van der Waals surface area contributed by atoms with Crippen LogP contribution in [0.25, 0.3) is 6.08 Å². The smallest absolute Gasteiger partial charge is 0.335 e. The summed E-state index contributed by atoms with van der Waals surface area (Å²) in [5.74, 6) is -1.54. The largest absolute Gasteiger partial charge is 0.478 e. The summed E-state index contributed by atoms with van der Waals surface area (Å²) in [7, 11) is 1.27. The van der Waals surface area contributed by atoms with Gasteiger partial charge in [0.25, 0.3) is 0 Å². The zero-order chi connectivity index (χ0) is 12.1. The number of anilines is 1. The zero-order valence-electron chi connectivity index (χ0n) is 8.64. The van der Waals surface area contributed by atoms with Gasteiger partial charge in [0, 0.05) is 11.8 Å². The Kier molecular flexibility index (Phi) is 3.66. The van der Waals surface area contributed by atoms with Gasteiger partial charge >= 0.3 is 11.9 Å². The minimum atomic E-state index is -1.05. The minimum absolute atomic E-state index is 0.104. The molecule has 5 nitrogen and oxygen atoms in total. The van der Waals surface area contributed by atoms with Crippen LogP contribution in [0.2, 0.25) is 0 Å². The SMILES string of the molecule is COC(=O)C=Cc1ccc(C(=O)O)cc1N. The second-order valence-electron chi connectivity index (χ2n) is 3.01. The normalized spacial score (nSPS) is 10.3. The van der Waals surface area contributed by atoms with E-state index in [1.165, 1.54) is 37.5 Å². The van der Waals surface area contributed by atoms with Crippen LogP contribution < -0.4 is 5.73 Å². The van der Waals surface area contributed by atoms with Crippen LogP contribution in [-0.2, 0) is 9.53 Å². The number of nitrogens with two attached hydrogens (primary N) is 1. The van der Waals surface area contributed by atoms with E-state index in [0.717, 1.165) is 0 Å². The Labute approximate surface area is 92.1 Å². The molecule has 1 rings (SSSR count). The van der Waals surface area contributed by atoms with Gasteiger partial charge in [0.2, 0.25) is 0 Å². The number of esters is 1. The Morgan fingerprint density at radius 3 is 2.62 bits per heavy atom. The van der Waals surface area contributed by atoms with Crippen molar-refractivity contribution in [3.63, 3.8) is 0 Å². The third-order valence-corrected chi connectivity index (χ3v) is 1.93. The maximum atomic E-state index is 10.8. The summed E-state index contributed by atoms with van der Waals surface area (Å²) < 4.78 is 4.41. The van der Waals surface area contributed by atoms with E-state index in [9.17, 15) is 9.59 Å². The van der Waals surface area contributed by atoms with Crippen LogP contribution in [0, 0.1) is 0 Å². The molecule has 0 saturated heterocycles. The van der Waals surface area contributed by atoms with Crippen LogP contribution >= 0.6 is 0 Å². The number of methoxy groups -OCH3 is 1. The molecule has 5 heteroatoms. The highest BCUT2D eigenvalue weighted by atomic mass is 16.5. The van der Waals surface area contributed by atoms with Gasteiger partial charge < -0.3 is 15.6 Å². The highest BCUT2D eigenvalue weighted by molar-refractivity contribution is 5.91. The number of hydrogen-bond acceptors (Lipinski definition) is 4. The van der Waals surface area contributed by atoms with Gasteiger partial charge in [-0.25, -0.2) is 9.59 Å². The van der Waals surface area contributed by atoms with Crippen molar-refractivity contribution in [2.24, 2.45) is 0 Å². The summed E-state index contributed by atoms with van der Waals surface area (Å²) in [6, 6.07) is 4.27. The number of benzene rings is 1. The van der Waals surface area contributed by atoms with Crippen LogP contribution in [0.5, 0.6) is 0 Å². The summed E-state index contributed by atoms with van der Waals surface area (Å²) in [5, 5.41) is 8.71. The van der Waals surface area contributed by atoms with E-state index in [4.69, 9.17) is 10.8 Å². The van der Waals surface area contributed by atoms with E-state index in [1.807, 2.05) is 0 Å². The van der Waals surface area contributed by atoms with Crippen LogP contribution in [0.1, 0.15) is 15.9 Å². The molecule has 0 unspecified atom stereocenters. The third-order valence-electron chi connectivity index (χ3n) is 1.93. The molecule has 84 valence electrons. The molecule has 0 amide bonds. The Bertz CT molecular complexity index is 451. The van der Waals surface area contributed by atoms with Crippen molar-refractivity contribution in [1.82, 2.24) is 0 Å². The first kappa shape index (κ1) is 11.8. The molecule has 1 aromatic rings. The number of carbonyl (C=O) groups is 2. The Hall–Kier alpha value is -2.30. The Morgan fingerprint density at radius 1 is 1.44 bits per heavy atom. The molecule has 0 bridgehead atoms. The van der Waals surface area contributed by atoms with Crippen LogP contribution in [0.15, 0.2) is 24.3 Å². The van der Waals surface area contributed by atoms with Crippen LogP contribution in [0.4, 0.5) is 5.69 Å². The lowest BCUT2D eigenvalue weighted by molar-refractivity contribution is -0.134. The summed E-state index contributed by atoms with van der Waals surface area (Å²) in [6.07, 6.45) is 2.68. The van der Waals surface area contributed by atoms with Crippen molar-refractivity contribution in [1.29, 1.82) is 0 Å². The van der Waals surface area contributed by atoms with Gasteiger partial charge in [-0.1, -0.05) is 6.07 Å². The fraction of sp³-hybridized carbons (Fsp3) is 0.0909. The van der Waals surface area contributed by atoms with Gasteiger partial charge in [0.05, 0.1) is 12.7 Å². The molecule has 0 saturated carbocycles. The number of rotatable bonds is 3. The molecule has 3 N–H and O–H groups in total. The number of aromatic carboxylic acids is 1. The fourth-order valence-electron chi connectivity index (χ4n) is 1.09. The first-order chi connectivity index (χ1) is 7.54. The molecule has 0 heterocycles. The van der Waals surface area contributed by atoms with Crippen molar-refractivity contribution in [2.75, 3.05) is 12.8 Å². The van der Waals surface area contributed by atoms with Gasteiger partial charge in [0.1, 0.15) is 0 Å². The summed E-state index contributed by atoms with van der Waals surface area (Å²) in [4.78, 5) is 21.5. The quantitative estimate of drug-likeness (QED) is 0.454. The summed E-state index contributed by atoms with van der Waals surface area (Å²) in [5.41, 5.74) is 6.58. The van der Waals surface area contributed by atoms with E-state index in [-0.39, 0.29) is 5.56 Å². The first-order valence-electron chi connectivity index (χ1n) is 4.43. The predicted octanol–water partition coefficient (Wildman–Crippen LogP) is 1.15. The van der Waals surface area contributed by atoms with E-state index in [2.05, 4.69) is 4.74 Å². The van der Waals surface area contributed by atoms with Gasteiger partial charge in [-0.15, -0.1) is 0 Å². The predicted molar refractivity (Wildman–Crippen MR) is 58.9 cm³/mol. The van der Waals surface area contributed by atoms with Gasteiger partial charge in [0.15, 0.2) is 0 Å². The van der Waals surface area contributed by atoms with Crippen LogP contribution in [0.3, 0.4) is 0 Å². The number of ether oxygens (including phenoxy) is 1. The molecule has 0 radical (unpaired) electrons. The number of carboxylic acids is 1. The van der Waals surface area contributed by atoms with Gasteiger partial charge in [-0.05, 0) is 23.8 Å². The van der Waals surface area contributed by atoms with E-state index >= 15 is 0 Å². The second-order valence-corrected chi connectivity index (χ2v) is 3.01. The number of nitrogen functional groups attached to an aromatic ring is 1. The molecule has 0 aromatic heterocycles. The monoisotopic (exact) mass is 221 g/mol. The van der Waals surface area contributed by atoms with E-state index < -0.39 is 11.9 Å². The number of hydrogen-bond donors (Lipinski definition) is 2. The molecule has 1 aromatic carbocycles. The van der Waals surface area contributed by atoms with E-state index in [0.29, 0.717) is 11.3 Å².